The summed E-state index contributed by atoms with van der Waals surface area (Å²) in [6.45, 7) is 6.29. The zero-order chi connectivity index (χ0) is 42.3. The van der Waals surface area contributed by atoms with E-state index in [1.54, 1.807) is 6.08 Å². The molecule has 6 heteroatoms. The van der Waals surface area contributed by atoms with Crippen LogP contribution < -0.4 is 0 Å². The maximum absolute atomic E-state index is 12.7. The van der Waals surface area contributed by atoms with Crippen molar-refractivity contribution in [1.82, 2.24) is 0 Å². The van der Waals surface area contributed by atoms with Gasteiger partial charge in [0.05, 0.1) is 6.42 Å². The summed E-state index contributed by atoms with van der Waals surface area (Å²) in [5.41, 5.74) is 0. The smallest absolute Gasteiger partial charge is 0.309 e. The second-order valence-corrected chi connectivity index (χ2v) is 15.6. The van der Waals surface area contributed by atoms with E-state index in [4.69, 9.17) is 14.2 Å². The second-order valence-electron chi connectivity index (χ2n) is 15.6. The molecular formula is C52H88O6. The average Bonchev–Trinajstić information content (AvgIpc) is 3.22. The van der Waals surface area contributed by atoms with Crippen LogP contribution in [-0.4, -0.2) is 37.2 Å². The quantitative estimate of drug-likeness (QED) is 0.0264. The van der Waals surface area contributed by atoms with Crippen LogP contribution in [-0.2, 0) is 28.6 Å². The number of carbonyl (C=O) groups is 3. The fourth-order valence-electron chi connectivity index (χ4n) is 6.46. The molecule has 0 amide bonds. The summed E-state index contributed by atoms with van der Waals surface area (Å²) in [7, 11) is 0. The first-order valence-electron chi connectivity index (χ1n) is 23.9. The van der Waals surface area contributed by atoms with Gasteiger partial charge in [-0.05, 0) is 64.2 Å². The first kappa shape index (κ1) is 54.9. The Bertz CT molecular complexity index is 1110. The van der Waals surface area contributed by atoms with Crippen LogP contribution in [0.5, 0.6) is 0 Å². The summed E-state index contributed by atoms with van der Waals surface area (Å²) < 4.78 is 16.6. The number of esters is 3. The maximum Gasteiger partial charge on any atom is 0.309 e. The number of hydrogen-bond acceptors (Lipinski definition) is 6. The predicted molar refractivity (Wildman–Crippen MR) is 247 cm³/mol. The van der Waals surface area contributed by atoms with Crippen molar-refractivity contribution in [3.63, 3.8) is 0 Å². The highest BCUT2D eigenvalue weighted by atomic mass is 16.6. The van der Waals surface area contributed by atoms with Crippen molar-refractivity contribution in [1.29, 1.82) is 0 Å². The van der Waals surface area contributed by atoms with Crippen LogP contribution in [0.2, 0.25) is 0 Å². The molecule has 0 aliphatic rings. The lowest BCUT2D eigenvalue weighted by molar-refractivity contribution is -0.166. The zero-order valence-corrected chi connectivity index (χ0v) is 37.8. The van der Waals surface area contributed by atoms with E-state index in [1.165, 1.54) is 89.9 Å². The van der Waals surface area contributed by atoms with Crippen molar-refractivity contribution < 1.29 is 28.6 Å². The molecule has 0 aromatic carbocycles. The summed E-state index contributed by atoms with van der Waals surface area (Å²) in [4.78, 5) is 37.7. The molecule has 0 N–H and O–H groups in total. The lowest BCUT2D eigenvalue weighted by Crippen LogP contribution is -2.30. The fraction of sp³-hybridized carbons (Fsp3) is 0.712. The zero-order valence-electron chi connectivity index (χ0n) is 37.8. The van der Waals surface area contributed by atoms with E-state index in [2.05, 4.69) is 81.5 Å². The highest BCUT2D eigenvalue weighted by molar-refractivity contribution is 5.72. The molecule has 0 aliphatic carbocycles. The molecule has 0 aliphatic heterocycles. The molecule has 6 nitrogen and oxygen atoms in total. The van der Waals surface area contributed by atoms with Crippen LogP contribution in [0.1, 0.15) is 220 Å². The van der Waals surface area contributed by atoms with Crippen molar-refractivity contribution in [2.45, 2.75) is 226 Å². The van der Waals surface area contributed by atoms with Gasteiger partial charge in [-0.3, -0.25) is 14.4 Å². The first-order chi connectivity index (χ1) is 28.5. The topological polar surface area (TPSA) is 78.9 Å². The van der Waals surface area contributed by atoms with Crippen molar-refractivity contribution in [3.05, 3.63) is 72.9 Å². The van der Waals surface area contributed by atoms with Gasteiger partial charge in [0, 0.05) is 12.8 Å². The molecule has 0 radical (unpaired) electrons. The Hall–Kier alpha value is -3.15. The number of carbonyl (C=O) groups excluding carboxylic acids is 3. The minimum absolute atomic E-state index is 0.110. The van der Waals surface area contributed by atoms with Crippen molar-refractivity contribution in [2.75, 3.05) is 13.2 Å². The lowest BCUT2D eigenvalue weighted by Gasteiger charge is -2.18. The Kier molecular flexibility index (Phi) is 44.0. The number of hydrogen-bond donors (Lipinski definition) is 0. The van der Waals surface area contributed by atoms with E-state index in [-0.39, 0.29) is 38.0 Å². The summed E-state index contributed by atoms with van der Waals surface area (Å²) in [5, 5.41) is 0. The van der Waals surface area contributed by atoms with Gasteiger partial charge in [-0.15, -0.1) is 0 Å². The summed E-state index contributed by atoms with van der Waals surface area (Å²) in [5.74, 6) is -1.06. The van der Waals surface area contributed by atoms with Gasteiger partial charge in [0.2, 0.25) is 0 Å². The Morgan fingerprint density at radius 2 is 0.741 bits per heavy atom. The van der Waals surface area contributed by atoms with Gasteiger partial charge in [0.25, 0.3) is 0 Å². The van der Waals surface area contributed by atoms with Gasteiger partial charge in [0.1, 0.15) is 13.2 Å². The van der Waals surface area contributed by atoms with Crippen LogP contribution in [0.4, 0.5) is 0 Å². The molecule has 0 aromatic rings. The van der Waals surface area contributed by atoms with Gasteiger partial charge < -0.3 is 14.2 Å². The van der Waals surface area contributed by atoms with Crippen molar-refractivity contribution in [2.24, 2.45) is 0 Å². The third kappa shape index (κ3) is 44.0. The lowest BCUT2D eigenvalue weighted by atomic mass is 10.0. The molecule has 58 heavy (non-hydrogen) atoms. The number of unbranched alkanes of at least 4 members (excludes halogenated alkanes) is 20. The number of ether oxygens (including phenoxy) is 3. The second kappa shape index (κ2) is 46.5. The summed E-state index contributed by atoms with van der Waals surface area (Å²) >= 11 is 0. The van der Waals surface area contributed by atoms with E-state index in [0.717, 1.165) is 89.9 Å². The van der Waals surface area contributed by atoms with Crippen molar-refractivity contribution >= 4 is 17.9 Å². The number of rotatable bonds is 42. The van der Waals surface area contributed by atoms with Crippen molar-refractivity contribution in [3.8, 4) is 0 Å². The molecule has 0 saturated heterocycles. The molecule has 0 fully saturated rings. The van der Waals surface area contributed by atoms with E-state index < -0.39 is 12.1 Å². The molecule has 0 heterocycles. The van der Waals surface area contributed by atoms with Crippen LogP contribution in [0, 0.1) is 0 Å². The maximum atomic E-state index is 12.7. The van der Waals surface area contributed by atoms with Crippen LogP contribution in [0.15, 0.2) is 72.9 Å². The monoisotopic (exact) mass is 809 g/mol. The van der Waals surface area contributed by atoms with Crippen LogP contribution in [0.25, 0.3) is 0 Å². The Morgan fingerprint density at radius 3 is 1.21 bits per heavy atom. The Balaban J connectivity index is 4.39. The standard InChI is InChI=1S/C52H88O6/c1-4-7-10-13-16-19-21-23-25-26-27-29-30-33-36-39-42-45-51(54)57-48-49(47-56-50(53)44-41-38-35-32-18-15-12-9-6-3)58-52(55)46-43-40-37-34-31-28-24-22-20-17-14-11-8-5-2/h8-9,11-12,17-18,20,24,28,32,38,41,49H,4-7,10,13-16,19,21-23,25-27,29-31,33-37,39-40,42-48H2,1-3H3/b11-8-,12-9-,20-17-,28-24-,32-18-,41-38-. The molecule has 1 unspecified atom stereocenters. The largest absolute Gasteiger partial charge is 0.462 e. The Morgan fingerprint density at radius 1 is 0.379 bits per heavy atom. The van der Waals surface area contributed by atoms with E-state index in [0.29, 0.717) is 6.42 Å². The average molecular weight is 809 g/mol. The Labute approximate surface area is 357 Å². The molecule has 0 rings (SSSR count). The third-order valence-electron chi connectivity index (χ3n) is 9.99. The molecule has 332 valence electrons. The van der Waals surface area contributed by atoms with Gasteiger partial charge in [-0.2, -0.15) is 0 Å². The molecule has 0 saturated carbocycles. The van der Waals surface area contributed by atoms with Gasteiger partial charge in [-0.1, -0.05) is 209 Å². The minimum Gasteiger partial charge on any atom is -0.462 e. The van der Waals surface area contributed by atoms with Crippen LogP contribution in [0.3, 0.4) is 0 Å². The van der Waals surface area contributed by atoms with E-state index >= 15 is 0 Å². The number of allylic oxidation sites excluding steroid dienone is 11. The van der Waals surface area contributed by atoms with E-state index in [1.807, 2.05) is 6.08 Å². The van der Waals surface area contributed by atoms with Gasteiger partial charge in [-0.25, -0.2) is 0 Å². The first-order valence-corrected chi connectivity index (χ1v) is 23.9. The fourth-order valence-corrected chi connectivity index (χ4v) is 6.46. The van der Waals surface area contributed by atoms with Crippen LogP contribution >= 0.6 is 0 Å². The van der Waals surface area contributed by atoms with Gasteiger partial charge in [0.15, 0.2) is 6.10 Å². The normalized spacial score (nSPS) is 12.7. The molecule has 1 atom stereocenters. The third-order valence-corrected chi connectivity index (χ3v) is 9.99. The predicted octanol–water partition coefficient (Wildman–Crippen LogP) is 15.5. The molecule has 0 spiro atoms. The molecular weight excluding hydrogens is 721 g/mol. The molecule has 0 aromatic heterocycles. The highest BCUT2D eigenvalue weighted by Gasteiger charge is 2.19. The SMILES string of the molecule is CC/C=C\C/C=C\C/C=C\CCCCCCC(=O)OC(COC(=O)C/C=C\C/C=C\C/C=C\CC)COC(=O)CCCCCCCCCCCCCCCCCCC. The summed E-state index contributed by atoms with van der Waals surface area (Å²) in [6, 6.07) is 0. The summed E-state index contributed by atoms with van der Waals surface area (Å²) in [6.07, 6.45) is 57.8. The highest BCUT2D eigenvalue weighted by Crippen LogP contribution is 2.15. The van der Waals surface area contributed by atoms with Gasteiger partial charge >= 0.3 is 17.9 Å². The van der Waals surface area contributed by atoms with E-state index in [9.17, 15) is 14.4 Å². The molecule has 0 bridgehead atoms. The minimum atomic E-state index is -0.819.